The van der Waals surface area contributed by atoms with Gasteiger partial charge in [-0.15, -0.1) is 0 Å². The van der Waals surface area contributed by atoms with Gasteiger partial charge in [-0.3, -0.25) is 4.79 Å². The number of hydrogen-bond donors (Lipinski definition) is 3. The Hall–Kier alpha value is -2.99. The van der Waals surface area contributed by atoms with Gasteiger partial charge in [0.1, 0.15) is 17.7 Å². The Morgan fingerprint density at radius 2 is 2.11 bits per heavy atom. The zero-order valence-electron chi connectivity index (χ0n) is 9.32. The minimum Gasteiger partial charge on any atom is -0.374 e. The maximum atomic E-state index is 11.2. The highest BCUT2D eigenvalue weighted by Gasteiger charge is 2.13. The summed E-state index contributed by atoms with van der Waals surface area (Å²) in [5, 5.41) is 25.7. The summed E-state index contributed by atoms with van der Waals surface area (Å²) < 4.78 is 0. The molecule has 0 saturated carbocycles. The number of nitrogens with one attached hydrogen (secondary N) is 3. The molecule has 1 aliphatic heterocycles. The normalized spacial score (nSPS) is 12.0. The highest BCUT2D eigenvalue weighted by Crippen LogP contribution is 2.27. The Bertz CT molecular complexity index is 590. The van der Waals surface area contributed by atoms with Gasteiger partial charge >= 0.3 is 0 Å². The van der Waals surface area contributed by atoms with E-state index in [0.717, 1.165) is 5.69 Å². The molecule has 6 heteroatoms. The molecule has 18 heavy (non-hydrogen) atoms. The van der Waals surface area contributed by atoms with Gasteiger partial charge in [0.15, 0.2) is 0 Å². The lowest BCUT2D eigenvalue weighted by Crippen LogP contribution is -2.27. The third-order valence-electron chi connectivity index (χ3n) is 2.36. The van der Waals surface area contributed by atoms with Crippen molar-refractivity contribution >= 4 is 23.0 Å². The van der Waals surface area contributed by atoms with Gasteiger partial charge in [-0.25, -0.2) is 0 Å². The van der Waals surface area contributed by atoms with E-state index in [2.05, 4.69) is 16.0 Å². The number of benzene rings is 1. The molecule has 6 nitrogen and oxygen atoms in total. The van der Waals surface area contributed by atoms with Crippen molar-refractivity contribution in [3.05, 3.63) is 30.0 Å². The summed E-state index contributed by atoms with van der Waals surface area (Å²) in [6, 6.07) is 8.81. The average molecular weight is 239 g/mol. The number of nitrogens with zero attached hydrogens (tertiary/aromatic N) is 2. The first-order valence-electron chi connectivity index (χ1n) is 5.17. The number of anilines is 3. The first-order valence-corrected chi connectivity index (χ1v) is 5.17. The van der Waals surface area contributed by atoms with Gasteiger partial charge in [0, 0.05) is 11.9 Å². The standard InChI is InChI=1S/C12H9N5O/c13-4-8(5-14)6-15-9-1-2-10-11(3-9)17-12(18)7-16-10/h1-3,6,15-16H,7H2,(H,17,18). The maximum absolute atomic E-state index is 11.2. The van der Waals surface area contributed by atoms with E-state index in [1.165, 1.54) is 6.20 Å². The molecule has 0 aliphatic carbocycles. The Morgan fingerprint density at radius 1 is 1.33 bits per heavy atom. The molecule has 0 saturated heterocycles. The lowest BCUT2D eigenvalue weighted by molar-refractivity contribution is -0.114. The molecule has 1 heterocycles. The molecule has 3 N–H and O–H groups in total. The topological polar surface area (TPSA) is 101 Å². The van der Waals surface area contributed by atoms with Gasteiger partial charge in [0.2, 0.25) is 5.91 Å². The molecule has 0 bridgehead atoms. The number of fused-ring (bicyclic) bond motifs is 1. The highest BCUT2D eigenvalue weighted by atomic mass is 16.2. The SMILES string of the molecule is N#CC(C#N)=CNc1ccc2c(c1)NC(=O)CN2. The summed E-state index contributed by atoms with van der Waals surface area (Å²) in [5.41, 5.74) is 2.17. The molecule has 1 aliphatic rings. The predicted molar refractivity (Wildman–Crippen MR) is 66.5 cm³/mol. The number of carbonyl (C=O) groups is 1. The zero-order chi connectivity index (χ0) is 13.0. The van der Waals surface area contributed by atoms with Gasteiger partial charge in [-0.05, 0) is 18.2 Å². The van der Waals surface area contributed by atoms with Crippen LogP contribution in [0.2, 0.25) is 0 Å². The van der Waals surface area contributed by atoms with Crippen molar-refractivity contribution in [1.82, 2.24) is 0 Å². The molecule has 1 amide bonds. The van der Waals surface area contributed by atoms with Crippen molar-refractivity contribution < 1.29 is 4.79 Å². The molecular weight excluding hydrogens is 230 g/mol. The second kappa shape index (κ2) is 4.89. The smallest absolute Gasteiger partial charge is 0.243 e. The fraction of sp³-hybridized carbons (Fsp3) is 0.0833. The minimum atomic E-state index is -0.107. The van der Waals surface area contributed by atoms with Crippen LogP contribution in [0.25, 0.3) is 0 Å². The number of hydrogen-bond acceptors (Lipinski definition) is 5. The van der Waals surface area contributed by atoms with Crippen LogP contribution in [0.5, 0.6) is 0 Å². The van der Waals surface area contributed by atoms with Crippen LogP contribution in [0.15, 0.2) is 30.0 Å². The quantitative estimate of drug-likeness (QED) is 0.677. The van der Waals surface area contributed by atoms with Crippen molar-refractivity contribution in [1.29, 1.82) is 10.5 Å². The summed E-state index contributed by atoms with van der Waals surface area (Å²) in [5.74, 6) is -0.107. The molecule has 1 aromatic rings. The van der Waals surface area contributed by atoms with E-state index in [1.807, 2.05) is 6.07 Å². The molecule has 0 fully saturated rings. The Labute approximate surface area is 104 Å². The van der Waals surface area contributed by atoms with Crippen molar-refractivity contribution in [3.63, 3.8) is 0 Å². The van der Waals surface area contributed by atoms with Crippen molar-refractivity contribution in [2.24, 2.45) is 0 Å². The first kappa shape index (κ1) is 11.5. The van der Waals surface area contributed by atoms with E-state index in [4.69, 9.17) is 10.5 Å². The van der Waals surface area contributed by atoms with Crippen molar-refractivity contribution in [2.45, 2.75) is 0 Å². The highest BCUT2D eigenvalue weighted by molar-refractivity contribution is 6.01. The monoisotopic (exact) mass is 239 g/mol. The molecule has 1 aromatic carbocycles. The van der Waals surface area contributed by atoms with E-state index in [1.54, 1.807) is 24.3 Å². The summed E-state index contributed by atoms with van der Waals surface area (Å²) >= 11 is 0. The number of allylic oxidation sites excluding steroid dienone is 1. The van der Waals surface area contributed by atoms with Gasteiger partial charge in [0.05, 0.1) is 17.9 Å². The van der Waals surface area contributed by atoms with E-state index in [9.17, 15) is 4.79 Å². The van der Waals surface area contributed by atoms with Crippen LogP contribution in [0.4, 0.5) is 17.1 Å². The molecule has 0 atom stereocenters. The summed E-state index contributed by atoms with van der Waals surface area (Å²) in [6.07, 6.45) is 1.32. The van der Waals surface area contributed by atoms with E-state index >= 15 is 0 Å². The Kier molecular flexibility index (Phi) is 3.13. The van der Waals surface area contributed by atoms with Gasteiger partial charge in [0.25, 0.3) is 0 Å². The first-order chi connectivity index (χ1) is 8.72. The third kappa shape index (κ3) is 2.39. The molecule has 0 spiro atoms. The molecule has 88 valence electrons. The third-order valence-corrected chi connectivity index (χ3v) is 2.36. The van der Waals surface area contributed by atoms with Crippen molar-refractivity contribution in [3.8, 4) is 12.1 Å². The van der Waals surface area contributed by atoms with E-state index in [0.29, 0.717) is 11.4 Å². The fourth-order valence-electron chi connectivity index (χ4n) is 1.51. The lowest BCUT2D eigenvalue weighted by Gasteiger charge is -2.19. The second-order valence-corrected chi connectivity index (χ2v) is 3.59. The van der Waals surface area contributed by atoms with E-state index < -0.39 is 0 Å². The fourth-order valence-corrected chi connectivity index (χ4v) is 1.51. The zero-order valence-corrected chi connectivity index (χ0v) is 9.32. The number of carbonyl (C=O) groups excluding carboxylic acids is 1. The molecular formula is C12H9N5O. The summed E-state index contributed by atoms with van der Waals surface area (Å²) in [7, 11) is 0. The van der Waals surface area contributed by atoms with Gasteiger partial charge < -0.3 is 16.0 Å². The summed E-state index contributed by atoms with van der Waals surface area (Å²) in [6.45, 7) is 0.257. The van der Waals surface area contributed by atoms with Crippen LogP contribution in [0.1, 0.15) is 0 Å². The van der Waals surface area contributed by atoms with Crippen molar-refractivity contribution in [2.75, 3.05) is 22.5 Å². The van der Waals surface area contributed by atoms with Crippen LogP contribution in [-0.4, -0.2) is 12.5 Å². The molecule has 2 rings (SSSR count). The minimum absolute atomic E-state index is 0.0186. The van der Waals surface area contributed by atoms with Crippen LogP contribution >= 0.6 is 0 Å². The van der Waals surface area contributed by atoms with Crippen LogP contribution in [-0.2, 0) is 4.79 Å². The predicted octanol–water partition coefficient (Wildman–Crippen LogP) is 1.39. The maximum Gasteiger partial charge on any atom is 0.243 e. The number of amides is 1. The van der Waals surface area contributed by atoms with Crippen LogP contribution in [0.3, 0.4) is 0 Å². The molecule has 0 unspecified atom stereocenters. The number of rotatable bonds is 2. The lowest BCUT2D eigenvalue weighted by atomic mass is 10.2. The largest absolute Gasteiger partial charge is 0.374 e. The van der Waals surface area contributed by atoms with Gasteiger partial charge in [-0.2, -0.15) is 10.5 Å². The number of nitriles is 2. The average Bonchev–Trinajstić information content (AvgIpc) is 2.39. The second-order valence-electron chi connectivity index (χ2n) is 3.59. The van der Waals surface area contributed by atoms with Crippen LogP contribution < -0.4 is 16.0 Å². The summed E-state index contributed by atoms with van der Waals surface area (Å²) in [4.78, 5) is 11.2. The molecule has 0 aromatic heterocycles. The van der Waals surface area contributed by atoms with Gasteiger partial charge in [-0.1, -0.05) is 0 Å². The Morgan fingerprint density at radius 3 is 2.83 bits per heavy atom. The van der Waals surface area contributed by atoms with Crippen LogP contribution in [0, 0.1) is 22.7 Å². The van der Waals surface area contributed by atoms with E-state index in [-0.39, 0.29) is 18.0 Å². The Balaban J connectivity index is 2.20. The molecule has 0 radical (unpaired) electrons.